The van der Waals surface area contributed by atoms with Crippen LogP contribution in [-0.2, 0) is 21.3 Å². The fourth-order valence-electron chi connectivity index (χ4n) is 3.61. The molecule has 1 amide bonds. The number of nitrogens with zero attached hydrogens (tertiary/aromatic N) is 1. The molecule has 2 atom stereocenters. The van der Waals surface area contributed by atoms with E-state index in [2.05, 4.69) is 5.32 Å². The first-order chi connectivity index (χ1) is 14.3. The highest BCUT2D eigenvalue weighted by atomic mass is 32.2. The van der Waals surface area contributed by atoms with Crippen LogP contribution in [0.25, 0.3) is 0 Å². The number of amides is 1. The van der Waals surface area contributed by atoms with Crippen LogP contribution in [0.4, 0.5) is 0 Å². The molecule has 1 fully saturated rings. The van der Waals surface area contributed by atoms with Gasteiger partial charge in [0.15, 0.2) is 11.5 Å². The molecule has 4 rings (SSSR count). The van der Waals surface area contributed by atoms with Gasteiger partial charge in [0, 0.05) is 25.2 Å². The second-order valence-electron chi connectivity index (χ2n) is 7.48. The summed E-state index contributed by atoms with van der Waals surface area (Å²) >= 11 is 0. The first-order valence-electron chi connectivity index (χ1n) is 9.75. The Bertz CT molecular complexity index is 1050. The largest absolute Gasteiger partial charge is 0.454 e. The van der Waals surface area contributed by atoms with Gasteiger partial charge >= 0.3 is 0 Å². The van der Waals surface area contributed by atoms with Crippen LogP contribution >= 0.6 is 0 Å². The lowest BCUT2D eigenvalue weighted by molar-refractivity contribution is -0.0440. The summed E-state index contributed by atoms with van der Waals surface area (Å²) in [5.74, 6) is 0.965. The molecule has 160 valence electrons. The van der Waals surface area contributed by atoms with Gasteiger partial charge in [-0.1, -0.05) is 12.1 Å². The van der Waals surface area contributed by atoms with E-state index in [-0.39, 0.29) is 55.0 Å². The second-order valence-corrected chi connectivity index (χ2v) is 9.42. The SMILES string of the molecule is C[C@@H]1CN(S(=O)(=O)c2cccc(C(=O)NCc3ccc4c(c3)OCO4)c2)C[C@@H](C)O1. The standard InChI is InChI=1S/C21H24N2O6S/c1-14-11-23(12-15(2)29-14)30(25,26)18-5-3-4-17(9-18)21(24)22-10-16-6-7-19-20(8-16)28-13-27-19/h3-9,14-15H,10-13H2,1-2H3,(H,22,24)/t14-,15-/m1/s1. The van der Waals surface area contributed by atoms with Crippen molar-refractivity contribution >= 4 is 15.9 Å². The van der Waals surface area contributed by atoms with Gasteiger partial charge in [-0.25, -0.2) is 8.42 Å². The Morgan fingerprint density at radius 1 is 1.07 bits per heavy atom. The Morgan fingerprint density at radius 3 is 2.57 bits per heavy atom. The van der Waals surface area contributed by atoms with Gasteiger partial charge in [-0.2, -0.15) is 4.31 Å². The van der Waals surface area contributed by atoms with Gasteiger partial charge < -0.3 is 19.5 Å². The van der Waals surface area contributed by atoms with E-state index >= 15 is 0 Å². The third-order valence-electron chi connectivity index (χ3n) is 5.01. The van der Waals surface area contributed by atoms with Crippen LogP contribution in [-0.4, -0.2) is 50.7 Å². The highest BCUT2D eigenvalue weighted by Gasteiger charge is 2.32. The first-order valence-corrected chi connectivity index (χ1v) is 11.2. The topological polar surface area (TPSA) is 94.2 Å². The molecule has 0 saturated carbocycles. The van der Waals surface area contributed by atoms with Gasteiger partial charge in [-0.3, -0.25) is 4.79 Å². The summed E-state index contributed by atoms with van der Waals surface area (Å²) in [6, 6.07) is 11.5. The maximum Gasteiger partial charge on any atom is 0.251 e. The Hall–Kier alpha value is -2.62. The second kappa shape index (κ2) is 8.25. The van der Waals surface area contributed by atoms with Crippen LogP contribution < -0.4 is 14.8 Å². The molecule has 2 aliphatic rings. The van der Waals surface area contributed by atoms with Crippen molar-refractivity contribution in [2.75, 3.05) is 19.9 Å². The zero-order valence-corrected chi connectivity index (χ0v) is 17.6. The molecule has 2 aromatic carbocycles. The van der Waals surface area contributed by atoms with Gasteiger partial charge in [0.05, 0.1) is 17.1 Å². The zero-order valence-electron chi connectivity index (χ0n) is 16.8. The maximum absolute atomic E-state index is 13.1. The molecule has 0 aliphatic carbocycles. The average molecular weight is 432 g/mol. The third kappa shape index (κ3) is 4.28. The predicted molar refractivity (Wildman–Crippen MR) is 109 cm³/mol. The average Bonchev–Trinajstić information content (AvgIpc) is 3.19. The smallest absolute Gasteiger partial charge is 0.251 e. The fourth-order valence-corrected chi connectivity index (χ4v) is 5.25. The molecule has 2 heterocycles. The molecule has 0 unspecified atom stereocenters. The van der Waals surface area contributed by atoms with Crippen LogP contribution in [0.1, 0.15) is 29.8 Å². The van der Waals surface area contributed by atoms with Crippen molar-refractivity contribution in [2.24, 2.45) is 0 Å². The zero-order chi connectivity index (χ0) is 21.3. The Balaban J connectivity index is 1.46. The van der Waals surface area contributed by atoms with Crippen molar-refractivity contribution < 1.29 is 27.4 Å². The lowest BCUT2D eigenvalue weighted by Crippen LogP contribution is -2.48. The number of rotatable bonds is 5. The quantitative estimate of drug-likeness (QED) is 0.778. The van der Waals surface area contributed by atoms with Gasteiger partial charge in [0.1, 0.15) is 0 Å². The van der Waals surface area contributed by atoms with E-state index < -0.39 is 10.0 Å². The van der Waals surface area contributed by atoms with Crippen molar-refractivity contribution in [3.05, 3.63) is 53.6 Å². The van der Waals surface area contributed by atoms with Crippen molar-refractivity contribution in [3.8, 4) is 11.5 Å². The van der Waals surface area contributed by atoms with E-state index in [0.717, 1.165) is 5.56 Å². The van der Waals surface area contributed by atoms with E-state index in [0.29, 0.717) is 11.5 Å². The van der Waals surface area contributed by atoms with Crippen LogP contribution in [0.3, 0.4) is 0 Å². The Kier molecular flexibility index (Phi) is 5.68. The minimum absolute atomic E-state index is 0.0968. The van der Waals surface area contributed by atoms with Crippen LogP contribution in [0.2, 0.25) is 0 Å². The summed E-state index contributed by atoms with van der Waals surface area (Å²) < 4.78 is 43.8. The van der Waals surface area contributed by atoms with E-state index in [1.165, 1.54) is 16.4 Å². The molecular weight excluding hydrogens is 408 g/mol. The number of hydrogen-bond acceptors (Lipinski definition) is 6. The predicted octanol–water partition coefficient (Wildman–Crippen LogP) is 2.14. The lowest BCUT2D eigenvalue weighted by Gasteiger charge is -2.34. The summed E-state index contributed by atoms with van der Waals surface area (Å²) in [6.07, 6.45) is -0.367. The van der Waals surface area contributed by atoms with Gasteiger partial charge in [0.2, 0.25) is 16.8 Å². The summed E-state index contributed by atoms with van der Waals surface area (Å²) in [7, 11) is -3.71. The highest BCUT2D eigenvalue weighted by Crippen LogP contribution is 2.32. The number of carbonyl (C=O) groups excluding carboxylic acids is 1. The number of fused-ring (bicyclic) bond motifs is 1. The van der Waals surface area contributed by atoms with E-state index in [9.17, 15) is 13.2 Å². The molecule has 1 saturated heterocycles. The van der Waals surface area contributed by atoms with Crippen molar-refractivity contribution in [1.82, 2.24) is 9.62 Å². The minimum atomic E-state index is -3.71. The van der Waals surface area contributed by atoms with Crippen LogP contribution in [0, 0.1) is 0 Å². The molecule has 0 spiro atoms. The van der Waals surface area contributed by atoms with Crippen LogP contribution in [0.5, 0.6) is 11.5 Å². The summed E-state index contributed by atoms with van der Waals surface area (Å²) in [5.41, 5.74) is 1.14. The molecule has 2 aliphatic heterocycles. The van der Waals surface area contributed by atoms with E-state index in [4.69, 9.17) is 14.2 Å². The fraction of sp³-hybridized carbons (Fsp3) is 0.381. The molecule has 8 nitrogen and oxygen atoms in total. The molecule has 0 aromatic heterocycles. The first kappa shape index (κ1) is 20.6. The number of morpholine rings is 1. The van der Waals surface area contributed by atoms with Crippen LogP contribution in [0.15, 0.2) is 47.4 Å². The number of ether oxygens (including phenoxy) is 3. The molecular formula is C21H24N2O6S. The maximum atomic E-state index is 13.1. The van der Waals surface area contributed by atoms with Gasteiger partial charge in [-0.05, 0) is 49.7 Å². The van der Waals surface area contributed by atoms with Crippen molar-refractivity contribution in [1.29, 1.82) is 0 Å². The molecule has 1 N–H and O–H groups in total. The van der Waals surface area contributed by atoms with Gasteiger partial charge in [0.25, 0.3) is 5.91 Å². The van der Waals surface area contributed by atoms with Crippen molar-refractivity contribution in [2.45, 2.75) is 37.5 Å². The van der Waals surface area contributed by atoms with Gasteiger partial charge in [-0.15, -0.1) is 0 Å². The Labute approximate surface area is 175 Å². The van der Waals surface area contributed by atoms with E-state index in [1.54, 1.807) is 18.2 Å². The molecule has 2 aromatic rings. The molecule has 0 radical (unpaired) electrons. The normalized spacial score (nSPS) is 21.4. The lowest BCUT2D eigenvalue weighted by atomic mass is 10.2. The molecule has 9 heteroatoms. The number of nitrogens with one attached hydrogen (secondary N) is 1. The third-order valence-corrected chi connectivity index (χ3v) is 6.84. The Morgan fingerprint density at radius 2 is 1.80 bits per heavy atom. The van der Waals surface area contributed by atoms with Crippen molar-refractivity contribution in [3.63, 3.8) is 0 Å². The highest BCUT2D eigenvalue weighted by molar-refractivity contribution is 7.89. The number of benzene rings is 2. The molecule has 0 bridgehead atoms. The molecule has 30 heavy (non-hydrogen) atoms. The number of hydrogen-bond donors (Lipinski definition) is 1. The van der Waals surface area contributed by atoms with E-state index in [1.807, 2.05) is 26.0 Å². The summed E-state index contributed by atoms with van der Waals surface area (Å²) in [4.78, 5) is 12.7. The summed E-state index contributed by atoms with van der Waals surface area (Å²) in [5, 5.41) is 2.82. The summed E-state index contributed by atoms with van der Waals surface area (Å²) in [6.45, 7) is 4.73. The minimum Gasteiger partial charge on any atom is -0.454 e. The number of carbonyl (C=O) groups is 1. The number of sulfonamides is 1. The monoisotopic (exact) mass is 432 g/mol.